The molecule has 0 aliphatic carbocycles. The first-order valence-corrected chi connectivity index (χ1v) is 7.55. The van der Waals surface area contributed by atoms with E-state index in [0.717, 1.165) is 17.4 Å². The Morgan fingerprint density at radius 3 is 2.18 bits per heavy atom. The third kappa shape index (κ3) is 3.87. The van der Waals surface area contributed by atoms with Crippen LogP contribution in [0, 0.1) is 0 Å². The lowest BCUT2D eigenvalue weighted by atomic mass is 9.84. The molecule has 0 saturated carbocycles. The van der Waals surface area contributed by atoms with Crippen molar-refractivity contribution in [1.82, 2.24) is 4.90 Å². The first-order chi connectivity index (χ1) is 10.0. The van der Waals surface area contributed by atoms with Gasteiger partial charge in [-0.1, -0.05) is 38.1 Å². The van der Waals surface area contributed by atoms with Gasteiger partial charge in [-0.3, -0.25) is 4.90 Å². The number of benzene rings is 1. The van der Waals surface area contributed by atoms with Gasteiger partial charge >= 0.3 is 6.09 Å². The fourth-order valence-electron chi connectivity index (χ4n) is 2.30. The molecule has 0 N–H and O–H groups in total. The Morgan fingerprint density at radius 2 is 1.73 bits per heavy atom. The van der Waals surface area contributed by atoms with E-state index >= 15 is 0 Å². The summed E-state index contributed by atoms with van der Waals surface area (Å²) in [6.07, 6.45) is 0.290. The Kier molecular flexibility index (Phi) is 5.39. The molecule has 1 rings (SSSR count). The Labute approximate surface area is 133 Å². The summed E-state index contributed by atoms with van der Waals surface area (Å²) in [7, 11) is 1.60. The molecule has 4 heteroatoms. The van der Waals surface area contributed by atoms with Gasteiger partial charge in [0.25, 0.3) is 0 Å². The van der Waals surface area contributed by atoms with E-state index in [9.17, 15) is 9.59 Å². The number of rotatable bonds is 4. The number of carbonyl (C=O) groups excluding carboxylic acids is 2. The summed E-state index contributed by atoms with van der Waals surface area (Å²) in [5.74, 6) is 0.252. The SMILES string of the molecule is CC(C)c1ccccc1C(C)(C=O)N(C)C(=O)OC(C)(C)C. The van der Waals surface area contributed by atoms with Crippen molar-refractivity contribution in [3.05, 3.63) is 35.4 Å². The number of likely N-dealkylation sites (N-methyl/N-ethyl adjacent to an activating group) is 1. The van der Waals surface area contributed by atoms with Gasteiger partial charge in [-0.25, -0.2) is 4.79 Å². The molecule has 1 unspecified atom stereocenters. The van der Waals surface area contributed by atoms with E-state index < -0.39 is 17.2 Å². The highest BCUT2D eigenvalue weighted by Gasteiger charge is 2.38. The van der Waals surface area contributed by atoms with Gasteiger partial charge in [0.2, 0.25) is 0 Å². The number of nitrogens with zero attached hydrogens (tertiary/aromatic N) is 1. The second-order valence-electron chi connectivity index (χ2n) is 7.05. The van der Waals surface area contributed by atoms with Gasteiger partial charge in [-0.2, -0.15) is 0 Å². The minimum Gasteiger partial charge on any atom is -0.444 e. The van der Waals surface area contributed by atoms with Crippen molar-refractivity contribution in [2.45, 2.75) is 58.6 Å². The van der Waals surface area contributed by atoms with Crippen LogP contribution in [0.5, 0.6) is 0 Å². The molecule has 22 heavy (non-hydrogen) atoms. The average molecular weight is 305 g/mol. The molecule has 0 aliphatic heterocycles. The molecule has 1 amide bonds. The Morgan fingerprint density at radius 1 is 1.18 bits per heavy atom. The van der Waals surface area contributed by atoms with Gasteiger partial charge in [0.1, 0.15) is 17.4 Å². The van der Waals surface area contributed by atoms with Crippen molar-refractivity contribution in [2.24, 2.45) is 0 Å². The summed E-state index contributed by atoms with van der Waals surface area (Å²) in [5.41, 5.74) is 0.205. The van der Waals surface area contributed by atoms with Gasteiger partial charge in [0, 0.05) is 7.05 Å². The first-order valence-electron chi connectivity index (χ1n) is 7.55. The van der Waals surface area contributed by atoms with Crippen LogP contribution < -0.4 is 0 Å². The summed E-state index contributed by atoms with van der Waals surface area (Å²) in [6.45, 7) is 11.3. The van der Waals surface area contributed by atoms with Crippen LogP contribution >= 0.6 is 0 Å². The minimum absolute atomic E-state index is 0.252. The Hall–Kier alpha value is -1.84. The molecule has 0 aliphatic rings. The lowest BCUT2D eigenvalue weighted by molar-refractivity contribution is -0.117. The summed E-state index contributed by atoms with van der Waals surface area (Å²) < 4.78 is 5.40. The van der Waals surface area contributed by atoms with E-state index in [0.29, 0.717) is 0 Å². The van der Waals surface area contributed by atoms with E-state index in [1.165, 1.54) is 4.90 Å². The maximum absolute atomic E-state index is 12.4. The zero-order valence-corrected chi connectivity index (χ0v) is 14.6. The summed E-state index contributed by atoms with van der Waals surface area (Å²) in [4.78, 5) is 25.6. The Bertz CT molecular complexity index is 546. The third-order valence-corrected chi connectivity index (χ3v) is 3.72. The zero-order chi connectivity index (χ0) is 17.1. The van der Waals surface area contributed by atoms with Crippen molar-refractivity contribution < 1.29 is 14.3 Å². The van der Waals surface area contributed by atoms with Gasteiger partial charge in [-0.15, -0.1) is 0 Å². The van der Waals surface area contributed by atoms with Crippen LogP contribution in [0.2, 0.25) is 0 Å². The fourth-order valence-corrected chi connectivity index (χ4v) is 2.30. The van der Waals surface area contributed by atoms with Crippen LogP contribution in [0.4, 0.5) is 4.79 Å². The maximum atomic E-state index is 12.4. The summed E-state index contributed by atoms with van der Waals surface area (Å²) in [5, 5.41) is 0. The van der Waals surface area contributed by atoms with E-state index in [-0.39, 0.29) is 5.92 Å². The number of hydrogen-bond donors (Lipinski definition) is 0. The lowest BCUT2D eigenvalue weighted by Crippen LogP contribution is -2.48. The molecule has 0 bridgehead atoms. The minimum atomic E-state index is -1.07. The predicted molar refractivity (Wildman–Crippen MR) is 87.9 cm³/mol. The van der Waals surface area contributed by atoms with E-state index in [1.807, 2.05) is 24.3 Å². The quantitative estimate of drug-likeness (QED) is 0.787. The lowest BCUT2D eigenvalue weighted by Gasteiger charge is -2.37. The molecule has 0 radical (unpaired) electrons. The second kappa shape index (κ2) is 6.51. The molecule has 0 heterocycles. The van der Waals surface area contributed by atoms with E-state index in [4.69, 9.17) is 4.74 Å². The average Bonchev–Trinajstić information content (AvgIpc) is 2.43. The molecule has 4 nitrogen and oxygen atoms in total. The van der Waals surface area contributed by atoms with Crippen molar-refractivity contribution in [3.63, 3.8) is 0 Å². The van der Waals surface area contributed by atoms with Crippen molar-refractivity contribution in [2.75, 3.05) is 7.05 Å². The summed E-state index contributed by atoms with van der Waals surface area (Å²) >= 11 is 0. The second-order valence-corrected chi connectivity index (χ2v) is 7.05. The van der Waals surface area contributed by atoms with Crippen LogP contribution in [0.3, 0.4) is 0 Å². The summed E-state index contributed by atoms with van der Waals surface area (Å²) in [6, 6.07) is 7.71. The molecular formula is C18H27NO3. The number of carbonyl (C=O) groups is 2. The Balaban J connectivity index is 3.27. The van der Waals surface area contributed by atoms with Gasteiger partial charge < -0.3 is 9.53 Å². The zero-order valence-electron chi connectivity index (χ0n) is 14.6. The highest BCUT2D eigenvalue weighted by Crippen LogP contribution is 2.32. The fraction of sp³-hybridized carbons (Fsp3) is 0.556. The van der Waals surface area contributed by atoms with Crippen LogP contribution in [0.25, 0.3) is 0 Å². The smallest absolute Gasteiger partial charge is 0.411 e. The number of hydrogen-bond acceptors (Lipinski definition) is 3. The highest BCUT2D eigenvalue weighted by atomic mass is 16.6. The molecule has 0 saturated heterocycles. The van der Waals surface area contributed by atoms with Crippen LogP contribution in [0.1, 0.15) is 58.6 Å². The van der Waals surface area contributed by atoms with Crippen LogP contribution in [-0.4, -0.2) is 29.9 Å². The van der Waals surface area contributed by atoms with Gasteiger partial charge in [0.05, 0.1) is 0 Å². The topological polar surface area (TPSA) is 46.6 Å². The van der Waals surface area contributed by atoms with Gasteiger partial charge in [0.15, 0.2) is 0 Å². The molecule has 0 spiro atoms. The van der Waals surface area contributed by atoms with Crippen molar-refractivity contribution >= 4 is 12.4 Å². The first kappa shape index (κ1) is 18.2. The largest absolute Gasteiger partial charge is 0.444 e. The molecular weight excluding hydrogens is 278 g/mol. The molecule has 1 atom stereocenters. The number of amides is 1. The van der Waals surface area contributed by atoms with Crippen LogP contribution in [-0.2, 0) is 15.1 Å². The number of aldehydes is 1. The highest BCUT2D eigenvalue weighted by molar-refractivity contribution is 5.78. The van der Waals surface area contributed by atoms with E-state index in [2.05, 4.69) is 13.8 Å². The number of ether oxygens (including phenoxy) is 1. The van der Waals surface area contributed by atoms with E-state index in [1.54, 1.807) is 34.7 Å². The van der Waals surface area contributed by atoms with Crippen LogP contribution in [0.15, 0.2) is 24.3 Å². The molecule has 0 aromatic heterocycles. The molecule has 1 aromatic rings. The van der Waals surface area contributed by atoms with Crippen molar-refractivity contribution in [1.29, 1.82) is 0 Å². The van der Waals surface area contributed by atoms with Crippen molar-refractivity contribution in [3.8, 4) is 0 Å². The molecule has 0 fully saturated rings. The molecule has 1 aromatic carbocycles. The third-order valence-electron chi connectivity index (χ3n) is 3.72. The monoisotopic (exact) mass is 305 g/mol. The maximum Gasteiger partial charge on any atom is 0.411 e. The normalized spacial score (nSPS) is 14.4. The predicted octanol–water partition coefficient (Wildman–Crippen LogP) is 4.09. The van der Waals surface area contributed by atoms with Gasteiger partial charge in [-0.05, 0) is 44.7 Å². The standard InChI is InChI=1S/C18H27NO3/c1-13(2)14-10-8-9-11-15(14)18(6,12-20)19(7)16(21)22-17(3,4)5/h8-13H,1-7H3. The molecule has 122 valence electrons.